The molecule has 0 saturated heterocycles. The Kier molecular flexibility index (Phi) is 3.57. The molecular formula is C22H19NO2. The van der Waals surface area contributed by atoms with Crippen molar-refractivity contribution in [3.8, 4) is 11.3 Å². The summed E-state index contributed by atoms with van der Waals surface area (Å²) in [5, 5.41) is 12.8. The molecule has 0 aliphatic rings. The Bertz CT molecular complexity index is 1120. The third kappa shape index (κ3) is 2.58. The largest absolute Gasteiger partial charge is 0.481 e. The maximum atomic E-state index is 11.5. The molecule has 124 valence electrons. The molecule has 0 fully saturated rings. The molecule has 4 aromatic rings. The molecule has 0 spiro atoms. The van der Waals surface area contributed by atoms with Gasteiger partial charge in [-0.25, -0.2) is 0 Å². The molecule has 1 aromatic heterocycles. The number of fused-ring (bicyclic) bond motifs is 2. The van der Waals surface area contributed by atoms with Crippen molar-refractivity contribution in [2.24, 2.45) is 0 Å². The van der Waals surface area contributed by atoms with Gasteiger partial charge in [-0.1, -0.05) is 48.5 Å². The molecule has 3 aromatic carbocycles. The van der Waals surface area contributed by atoms with E-state index in [0.717, 1.165) is 49.6 Å². The number of carbonyl (C=O) groups is 1. The molecule has 0 aliphatic carbocycles. The summed E-state index contributed by atoms with van der Waals surface area (Å²) in [6, 6.07) is 18.5. The number of hydrogen-bond donors (Lipinski definition) is 2. The number of aromatic nitrogens is 1. The fourth-order valence-electron chi connectivity index (χ4n) is 3.80. The van der Waals surface area contributed by atoms with Crippen LogP contribution in [-0.4, -0.2) is 16.1 Å². The van der Waals surface area contributed by atoms with Crippen LogP contribution in [0.1, 0.15) is 16.7 Å². The zero-order valence-corrected chi connectivity index (χ0v) is 14.3. The van der Waals surface area contributed by atoms with E-state index in [-0.39, 0.29) is 6.42 Å². The van der Waals surface area contributed by atoms with E-state index in [1.54, 1.807) is 0 Å². The van der Waals surface area contributed by atoms with Gasteiger partial charge in [0.15, 0.2) is 0 Å². The number of aliphatic carboxylic acids is 1. The Balaban J connectivity index is 2.10. The van der Waals surface area contributed by atoms with E-state index in [1.165, 1.54) is 0 Å². The quantitative estimate of drug-likeness (QED) is 0.540. The lowest BCUT2D eigenvalue weighted by Crippen LogP contribution is -2.01. The van der Waals surface area contributed by atoms with Crippen LogP contribution >= 0.6 is 0 Å². The van der Waals surface area contributed by atoms with Crippen molar-refractivity contribution in [2.75, 3.05) is 0 Å². The van der Waals surface area contributed by atoms with Crippen molar-refractivity contribution in [3.63, 3.8) is 0 Å². The van der Waals surface area contributed by atoms with Gasteiger partial charge in [-0.05, 0) is 47.4 Å². The van der Waals surface area contributed by atoms with Crippen LogP contribution in [0.3, 0.4) is 0 Å². The van der Waals surface area contributed by atoms with Gasteiger partial charge < -0.3 is 10.1 Å². The number of carboxylic acid groups (broad SMARTS) is 1. The van der Waals surface area contributed by atoms with Crippen LogP contribution in [0.4, 0.5) is 0 Å². The summed E-state index contributed by atoms with van der Waals surface area (Å²) < 4.78 is 0. The predicted molar refractivity (Wildman–Crippen MR) is 102 cm³/mol. The molecule has 3 nitrogen and oxygen atoms in total. The Morgan fingerprint density at radius 2 is 1.80 bits per heavy atom. The summed E-state index contributed by atoms with van der Waals surface area (Å²) >= 11 is 0. The first-order valence-corrected chi connectivity index (χ1v) is 8.36. The summed E-state index contributed by atoms with van der Waals surface area (Å²) in [6.45, 7) is 4.10. The maximum absolute atomic E-state index is 11.5. The molecule has 2 N–H and O–H groups in total. The first-order valence-electron chi connectivity index (χ1n) is 8.36. The summed E-state index contributed by atoms with van der Waals surface area (Å²) in [5.74, 6) is -0.817. The first kappa shape index (κ1) is 15.5. The van der Waals surface area contributed by atoms with Gasteiger partial charge in [0.25, 0.3) is 0 Å². The zero-order valence-electron chi connectivity index (χ0n) is 14.3. The predicted octanol–water partition coefficient (Wildman–Crippen LogP) is 5.23. The second-order valence-corrected chi connectivity index (χ2v) is 6.58. The third-order valence-corrected chi connectivity index (χ3v) is 4.73. The van der Waals surface area contributed by atoms with Crippen LogP contribution in [-0.2, 0) is 11.2 Å². The molecule has 3 heteroatoms. The van der Waals surface area contributed by atoms with Crippen molar-refractivity contribution in [1.82, 2.24) is 4.98 Å². The van der Waals surface area contributed by atoms with Gasteiger partial charge in [0.1, 0.15) is 0 Å². The average Bonchev–Trinajstić information content (AvgIpc) is 2.92. The minimum atomic E-state index is -0.817. The van der Waals surface area contributed by atoms with Crippen LogP contribution in [0.15, 0.2) is 54.6 Å². The van der Waals surface area contributed by atoms with Crippen LogP contribution in [0.2, 0.25) is 0 Å². The van der Waals surface area contributed by atoms with Crippen molar-refractivity contribution >= 4 is 27.6 Å². The molecule has 25 heavy (non-hydrogen) atoms. The Labute approximate surface area is 145 Å². The molecule has 0 saturated carbocycles. The SMILES string of the molecule is Cc1cc(C)c2c(CC(=O)O)c(-c3cccc4ccccc34)[nH]c2c1. The molecule has 0 aliphatic heterocycles. The first-order chi connectivity index (χ1) is 12.0. The number of hydrogen-bond acceptors (Lipinski definition) is 1. The maximum Gasteiger partial charge on any atom is 0.307 e. The summed E-state index contributed by atoms with van der Waals surface area (Å²) in [5.41, 5.74) is 6.07. The number of aromatic amines is 1. The molecule has 0 atom stereocenters. The minimum absolute atomic E-state index is 0.00244. The van der Waals surface area contributed by atoms with Crippen LogP contribution in [0.5, 0.6) is 0 Å². The summed E-state index contributed by atoms with van der Waals surface area (Å²) in [6.07, 6.45) is 0.00244. The van der Waals surface area contributed by atoms with Gasteiger partial charge in [0.05, 0.1) is 12.1 Å². The van der Waals surface area contributed by atoms with Gasteiger partial charge in [-0.3, -0.25) is 4.79 Å². The number of rotatable bonds is 3. The second-order valence-electron chi connectivity index (χ2n) is 6.58. The lowest BCUT2D eigenvalue weighted by Gasteiger charge is -2.08. The van der Waals surface area contributed by atoms with Crippen molar-refractivity contribution in [2.45, 2.75) is 20.3 Å². The molecular weight excluding hydrogens is 310 g/mol. The van der Waals surface area contributed by atoms with E-state index in [1.807, 2.05) is 25.1 Å². The standard InChI is InChI=1S/C22H19NO2/c1-13-10-14(2)21-18(12-20(24)25)22(23-19(21)11-13)17-9-5-7-15-6-3-4-8-16(15)17/h3-11,23H,12H2,1-2H3,(H,24,25). The topological polar surface area (TPSA) is 53.1 Å². The fourth-order valence-corrected chi connectivity index (χ4v) is 3.80. The van der Waals surface area contributed by atoms with E-state index in [9.17, 15) is 9.90 Å². The lowest BCUT2D eigenvalue weighted by molar-refractivity contribution is -0.136. The molecule has 4 rings (SSSR count). The molecule has 0 bridgehead atoms. The molecule has 0 amide bonds. The van der Waals surface area contributed by atoms with Crippen LogP contribution in [0, 0.1) is 13.8 Å². The second kappa shape index (κ2) is 5.78. The Morgan fingerprint density at radius 1 is 1.04 bits per heavy atom. The van der Waals surface area contributed by atoms with Crippen molar-refractivity contribution in [3.05, 3.63) is 71.3 Å². The highest BCUT2D eigenvalue weighted by Crippen LogP contribution is 2.36. The highest BCUT2D eigenvalue weighted by Gasteiger charge is 2.19. The highest BCUT2D eigenvalue weighted by atomic mass is 16.4. The zero-order chi connectivity index (χ0) is 17.6. The number of carboxylic acids is 1. The molecule has 0 unspecified atom stereocenters. The van der Waals surface area contributed by atoms with Crippen molar-refractivity contribution < 1.29 is 9.90 Å². The minimum Gasteiger partial charge on any atom is -0.481 e. The van der Waals surface area contributed by atoms with E-state index < -0.39 is 5.97 Å². The number of aryl methyl sites for hydroxylation is 2. The van der Waals surface area contributed by atoms with Crippen molar-refractivity contribution in [1.29, 1.82) is 0 Å². The van der Waals surface area contributed by atoms with Crippen LogP contribution in [0.25, 0.3) is 32.9 Å². The van der Waals surface area contributed by atoms with Gasteiger partial charge in [0, 0.05) is 16.5 Å². The number of H-pyrrole nitrogens is 1. The number of nitrogens with one attached hydrogen (secondary N) is 1. The summed E-state index contributed by atoms with van der Waals surface area (Å²) in [7, 11) is 0. The highest BCUT2D eigenvalue weighted by molar-refractivity contribution is 6.02. The van der Waals surface area contributed by atoms with Gasteiger partial charge >= 0.3 is 5.97 Å². The normalized spacial score (nSPS) is 11.3. The lowest BCUT2D eigenvalue weighted by atomic mass is 9.96. The number of benzene rings is 3. The molecule has 0 radical (unpaired) electrons. The third-order valence-electron chi connectivity index (χ3n) is 4.73. The van der Waals surface area contributed by atoms with Gasteiger partial charge in [-0.15, -0.1) is 0 Å². The Hall–Kier alpha value is -3.07. The molecule has 1 heterocycles. The Morgan fingerprint density at radius 3 is 2.60 bits per heavy atom. The monoisotopic (exact) mass is 329 g/mol. The summed E-state index contributed by atoms with van der Waals surface area (Å²) in [4.78, 5) is 15.0. The van der Waals surface area contributed by atoms with E-state index in [2.05, 4.69) is 48.3 Å². The average molecular weight is 329 g/mol. The van der Waals surface area contributed by atoms with E-state index in [0.29, 0.717) is 0 Å². The van der Waals surface area contributed by atoms with Crippen LogP contribution < -0.4 is 0 Å². The fraction of sp³-hybridized carbons (Fsp3) is 0.136. The smallest absolute Gasteiger partial charge is 0.307 e. The van der Waals surface area contributed by atoms with E-state index in [4.69, 9.17) is 0 Å². The van der Waals surface area contributed by atoms with Gasteiger partial charge in [-0.2, -0.15) is 0 Å². The van der Waals surface area contributed by atoms with E-state index >= 15 is 0 Å². The van der Waals surface area contributed by atoms with Gasteiger partial charge in [0.2, 0.25) is 0 Å².